The number of phenols is 1. The number of rotatable bonds is 5. The number of benzene rings is 2. The SMILES string of the molecule is COC(=O)C[C@H]1c2ccccc2[C@@H](c2cc(C(C)(C)C)c(O)c(C(C)(C)C)c2)C1(C(=O)OC)C(=O)OC. The summed E-state index contributed by atoms with van der Waals surface area (Å²) in [7, 11) is 3.71. The van der Waals surface area contributed by atoms with Gasteiger partial charge in [-0.05, 0) is 38.6 Å². The largest absolute Gasteiger partial charge is 0.507 e. The summed E-state index contributed by atoms with van der Waals surface area (Å²) in [5.41, 5.74) is 0.658. The van der Waals surface area contributed by atoms with Crippen molar-refractivity contribution in [3.05, 3.63) is 64.2 Å². The normalized spacial score (nSPS) is 18.6. The van der Waals surface area contributed by atoms with Gasteiger partial charge in [0.15, 0.2) is 5.41 Å². The predicted molar refractivity (Wildman–Crippen MR) is 140 cm³/mol. The number of aromatic hydroxyl groups is 1. The highest BCUT2D eigenvalue weighted by atomic mass is 16.5. The molecule has 1 N–H and O–H groups in total. The Balaban J connectivity index is 2.52. The van der Waals surface area contributed by atoms with Crippen LogP contribution in [0, 0.1) is 5.41 Å². The molecule has 200 valence electrons. The summed E-state index contributed by atoms with van der Waals surface area (Å²) >= 11 is 0. The van der Waals surface area contributed by atoms with Crippen LogP contribution in [-0.4, -0.2) is 44.3 Å². The van der Waals surface area contributed by atoms with Crippen LogP contribution in [0.1, 0.15) is 87.6 Å². The molecular formula is C30H38O7. The topological polar surface area (TPSA) is 99.1 Å². The minimum absolute atomic E-state index is 0.183. The third kappa shape index (κ3) is 4.60. The van der Waals surface area contributed by atoms with E-state index in [4.69, 9.17) is 14.2 Å². The lowest BCUT2D eigenvalue weighted by Gasteiger charge is -2.36. The second kappa shape index (κ2) is 9.84. The average Bonchev–Trinajstić information content (AvgIpc) is 3.12. The molecule has 37 heavy (non-hydrogen) atoms. The Kier molecular flexibility index (Phi) is 7.51. The molecule has 0 fully saturated rings. The number of fused-ring (bicyclic) bond motifs is 1. The van der Waals surface area contributed by atoms with Crippen LogP contribution in [0.4, 0.5) is 0 Å². The van der Waals surface area contributed by atoms with Gasteiger partial charge in [0.1, 0.15) is 5.75 Å². The molecule has 0 aromatic heterocycles. The monoisotopic (exact) mass is 510 g/mol. The molecule has 0 amide bonds. The Morgan fingerprint density at radius 3 is 1.68 bits per heavy atom. The summed E-state index contributed by atoms with van der Waals surface area (Å²) in [4.78, 5) is 40.1. The smallest absolute Gasteiger partial charge is 0.324 e. The van der Waals surface area contributed by atoms with Crippen molar-refractivity contribution >= 4 is 17.9 Å². The fourth-order valence-corrected chi connectivity index (χ4v) is 5.65. The van der Waals surface area contributed by atoms with Crippen LogP contribution in [-0.2, 0) is 39.4 Å². The number of methoxy groups -OCH3 is 3. The minimum Gasteiger partial charge on any atom is -0.507 e. The lowest BCUT2D eigenvalue weighted by molar-refractivity contribution is -0.172. The van der Waals surface area contributed by atoms with Crippen LogP contribution in [0.15, 0.2) is 36.4 Å². The second-order valence-corrected chi connectivity index (χ2v) is 11.7. The first-order chi connectivity index (χ1) is 17.2. The standard InChI is InChI=1S/C30H38O7/c1-28(2,3)21-14-17(15-22(25(21)32)29(4,5)6)24-19-13-11-10-12-18(19)20(16-23(31)35-7)30(24,26(33)36-8)27(34)37-9/h10-15,20,24,32H,16H2,1-9H3/t20-,24+/m0/s1. The van der Waals surface area contributed by atoms with Crippen molar-refractivity contribution in [3.8, 4) is 5.75 Å². The third-order valence-electron chi connectivity index (χ3n) is 7.41. The highest BCUT2D eigenvalue weighted by Gasteiger charge is 2.66. The van der Waals surface area contributed by atoms with E-state index in [1.54, 1.807) is 0 Å². The average molecular weight is 511 g/mol. The molecule has 0 aliphatic heterocycles. The number of hydrogen-bond donors (Lipinski definition) is 1. The first-order valence-corrected chi connectivity index (χ1v) is 12.4. The summed E-state index contributed by atoms with van der Waals surface area (Å²) in [5.74, 6) is -3.68. The van der Waals surface area contributed by atoms with Crippen molar-refractivity contribution in [1.29, 1.82) is 0 Å². The van der Waals surface area contributed by atoms with Gasteiger partial charge in [0.25, 0.3) is 0 Å². The van der Waals surface area contributed by atoms with Crippen LogP contribution in [0.3, 0.4) is 0 Å². The Labute approximate surface area is 219 Å². The quantitative estimate of drug-likeness (QED) is 0.339. The van der Waals surface area contributed by atoms with E-state index in [-0.39, 0.29) is 12.2 Å². The van der Waals surface area contributed by atoms with Gasteiger partial charge in [-0.1, -0.05) is 77.9 Å². The van der Waals surface area contributed by atoms with Gasteiger partial charge >= 0.3 is 17.9 Å². The van der Waals surface area contributed by atoms with Gasteiger partial charge in [-0.2, -0.15) is 0 Å². The minimum atomic E-state index is -1.89. The summed E-state index contributed by atoms with van der Waals surface area (Å²) in [6.07, 6.45) is -0.218. The summed E-state index contributed by atoms with van der Waals surface area (Å²) in [6, 6.07) is 11.0. The molecule has 0 unspecified atom stereocenters. The highest BCUT2D eigenvalue weighted by Crippen LogP contribution is 2.61. The first-order valence-electron chi connectivity index (χ1n) is 12.4. The van der Waals surface area contributed by atoms with E-state index in [0.29, 0.717) is 22.3 Å². The number of carbonyl (C=O) groups is 3. The van der Waals surface area contributed by atoms with E-state index in [1.165, 1.54) is 21.3 Å². The molecule has 1 aliphatic carbocycles. The number of ether oxygens (including phenoxy) is 3. The van der Waals surface area contributed by atoms with Crippen molar-refractivity contribution in [2.24, 2.45) is 5.41 Å². The molecule has 2 aromatic rings. The van der Waals surface area contributed by atoms with Gasteiger partial charge in [0.2, 0.25) is 0 Å². The molecule has 0 bridgehead atoms. The molecule has 0 radical (unpaired) electrons. The third-order valence-corrected chi connectivity index (χ3v) is 7.41. The summed E-state index contributed by atoms with van der Waals surface area (Å²) < 4.78 is 15.5. The zero-order valence-electron chi connectivity index (χ0n) is 23.2. The fourth-order valence-electron chi connectivity index (χ4n) is 5.65. The second-order valence-electron chi connectivity index (χ2n) is 11.7. The number of phenolic OH excluding ortho intramolecular Hbond substituents is 1. The van der Waals surface area contributed by atoms with Crippen molar-refractivity contribution in [1.82, 2.24) is 0 Å². The maximum atomic E-state index is 13.8. The van der Waals surface area contributed by atoms with E-state index in [9.17, 15) is 19.5 Å². The van der Waals surface area contributed by atoms with Gasteiger partial charge in [-0.25, -0.2) is 0 Å². The van der Waals surface area contributed by atoms with Crippen LogP contribution >= 0.6 is 0 Å². The maximum absolute atomic E-state index is 13.8. The number of hydrogen-bond acceptors (Lipinski definition) is 7. The maximum Gasteiger partial charge on any atom is 0.324 e. The van der Waals surface area contributed by atoms with E-state index >= 15 is 0 Å². The molecule has 7 nitrogen and oxygen atoms in total. The lowest BCUT2D eigenvalue weighted by atomic mass is 9.65. The number of carbonyl (C=O) groups excluding carboxylic acids is 3. The van der Waals surface area contributed by atoms with Crippen LogP contribution < -0.4 is 0 Å². The first kappa shape index (κ1) is 28.2. The molecule has 1 aliphatic rings. The van der Waals surface area contributed by atoms with E-state index in [0.717, 1.165) is 5.56 Å². The molecule has 2 aromatic carbocycles. The molecule has 0 heterocycles. The molecule has 0 spiro atoms. The summed E-state index contributed by atoms with van der Waals surface area (Å²) in [6.45, 7) is 12.0. The highest BCUT2D eigenvalue weighted by molar-refractivity contribution is 6.05. The zero-order valence-corrected chi connectivity index (χ0v) is 23.2. The van der Waals surface area contributed by atoms with Gasteiger partial charge in [-0.15, -0.1) is 0 Å². The van der Waals surface area contributed by atoms with Crippen molar-refractivity contribution in [2.75, 3.05) is 21.3 Å². The molecule has 0 saturated heterocycles. The molecule has 0 saturated carbocycles. The van der Waals surface area contributed by atoms with Gasteiger partial charge in [0, 0.05) is 11.8 Å². The molecular weight excluding hydrogens is 472 g/mol. The van der Waals surface area contributed by atoms with E-state index in [2.05, 4.69) is 0 Å². The molecule has 3 rings (SSSR count). The lowest BCUT2D eigenvalue weighted by Crippen LogP contribution is -2.48. The predicted octanol–water partition coefficient (Wildman–Crippen LogP) is 5.11. The van der Waals surface area contributed by atoms with Crippen molar-refractivity contribution in [3.63, 3.8) is 0 Å². The van der Waals surface area contributed by atoms with Crippen LogP contribution in [0.25, 0.3) is 0 Å². The molecule has 2 atom stereocenters. The van der Waals surface area contributed by atoms with E-state index < -0.39 is 46.0 Å². The summed E-state index contributed by atoms with van der Waals surface area (Å²) in [5, 5.41) is 11.3. The zero-order chi connectivity index (χ0) is 27.9. The van der Waals surface area contributed by atoms with Gasteiger partial charge < -0.3 is 19.3 Å². The fraction of sp³-hybridized carbons (Fsp3) is 0.500. The Morgan fingerprint density at radius 2 is 1.27 bits per heavy atom. The Hall–Kier alpha value is -3.35. The Morgan fingerprint density at radius 1 is 0.811 bits per heavy atom. The van der Waals surface area contributed by atoms with Crippen LogP contribution in [0.5, 0.6) is 5.75 Å². The van der Waals surface area contributed by atoms with Gasteiger partial charge in [-0.3, -0.25) is 14.4 Å². The van der Waals surface area contributed by atoms with Crippen molar-refractivity contribution < 1.29 is 33.7 Å². The number of esters is 3. The van der Waals surface area contributed by atoms with Crippen molar-refractivity contribution in [2.45, 2.75) is 70.6 Å². The molecule has 7 heteroatoms. The van der Waals surface area contributed by atoms with E-state index in [1.807, 2.05) is 77.9 Å². The van der Waals surface area contributed by atoms with Gasteiger partial charge in [0.05, 0.1) is 27.8 Å². The van der Waals surface area contributed by atoms with Crippen LogP contribution in [0.2, 0.25) is 0 Å². The Bertz CT molecular complexity index is 1160.